The van der Waals surface area contributed by atoms with Crippen LogP contribution >= 0.6 is 11.6 Å². The summed E-state index contributed by atoms with van der Waals surface area (Å²) in [5.41, 5.74) is -0.414. The summed E-state index contributed by atoms with van der Waals surface area (Å²) in [6, 6.07) is 4.24. The Morgan fingerprint density at radius 2 is 2.11 bits per heavy atom. The molecular weight excluding hydrogens is 258 g/mol. The van der Waals surface area contributed by atoms with Gasteiger partial charge < -0.3 is 9.47 Å². The summed E-state index contributed by atoms with van der Waals surface area (Å²) >= 11 is 5.79. The second-order valence-corrected chi connectivity index (χ2v) is 4.87. The number of nitrogens with zero attached hydrogens (tertiary/aromatic N) is 1. The van der Waals surface area contributed by atoms with Crippen molar-refractivity contribution in [1.82, 2.24) is 0 Å². The topological polar surface area (TPSA) is 61.6 Å². The monoisotopic (exact) mass is 273 g/mol. The second-order valence-electron chi connectivity index (χ2n) is 4.43. The molecule has 5 nitrogen and oxygen atoms in total. The molecule has 0 saturated heterocycles. The molecule has 0 N–H and O–H groups in total. The van der Waals surface area contributed by atoms with Gasteiger partial charge in [0.15, 0.2) is 5.75 Å². The van der Waals surface area contributed by atoms with Gasteiger partial charge in [-0.15, -0.1) is 0 Å². The molecular formula is C12H16ClNO4. The van der Waals surface area contributed by atoms with Crippen molar-refractivity contribution in [3.63, 3.8) is 0 Å². The van der Waals surface area contributed by atoms with E-state index in [1.807, 2.05) is 13.8 Å². The third-order valence-corrected chi connectivity index (χ3v) is 2.87. The smallest absolute Gasteiger partial charge is 0.311 e. The zero-order chi connectivity index (χ0) is 13.8. The van der Waals surface area contributed by atoms with Crippen molar-refractivity contribution in [3.05, 3.63) is 33.3 Å². The molecule has 18 heavy (non-hydrogen) atoms. The number of hydrogen-bond acceptors (Lipinski definition) is 4. The minimum atomic E-state index is -0.493. The molecule has 1 rings (SSSR count). The average Bonchev–Trinajstić information content (AvgIpc) is 2.28. The van der Waals surface area contributed by atoms with Gasteiger partial charge in [-0.05, 0) is 19.9 Å². The molecule has 100 valence electrons. The summed E-state index contributed by atoms with van der Waals surface area (Å²) in [5.74, 6) is 0.180. The Balaban J connectivity index is 2.72. The molecule has 0 aromatic heterocycles. The summed E-state index contributed by atoms with van der Waals surface area (Å²) in [7, 11) is 1.61. The van der Waals surface area contributed by atoms with Gasteiger partial charge in [0.2, 0.25) is 0 Å². The predicted molar refractivity (Wildman–Crippen MR) is 69.3 cm³/mol. The molecule has 0 radical (unpaired) electrons. The summed E-state index contributed by atoms with van der Waals surface area (Å²) in [6.45, 7) is 4.16. The second kappa shape index (κ2) is 6.02. The molecule has 0 aliphatic rings. The zero-order valence-corrected chi connectivity index (χ0v) is 11.4. The molecule has 0 saturated carbocycles. The molecule has 0 atom stereocenters. The van der Waals surface area contributed by atoms with Crippen molar-refractivity contribution >= 4 is 17.3 Å². The number of benzene rings is 1. The summed E-state index contributed by atoms with van der Waals surface area (Å²) in [4.78, 5) is 10.3. The number of nitro groups is 1. The third-order valence-electron chi connectivity index (χ3n) is 2.63. The van der Waals surface area contributed by atoms with Crippen LogP contribution in [0.4, 0.5) is 5.69 Å². The van der Waals surface area contributed by atoms with E-state index in [0.717, 1.165) is 0 Å². The fourth-order valence-electron chi connectivity index (χ4n) is 1.26. The first-order valence-corrected chi connectivity index (χ1v) is 5.85. The van der Waals surface area contributed by atoms with Crippen molar-refractivity contribution in [2.24, 2.45) is 0 Å². The van der Waals surface area contributed by atoms with Crippen LogP contribution in [-0.4, -0.2) is 24.2 Å². The highest BCUT2D eigenvalue weighted by molar-refractivity contribution is 6.30. The van der Waals surface area contributed by atoms with Crippen LogP contribution in [0.2, 0.25) is 5.02 Å². The number of halogens is 1. The fourth-order valence-corrected chi connectivity index (χ4v) is 1.43. The van der Waals surface area contributed by atoms with E-state index in [1.54, 1.807) is 7.11 Å². The lowest BCUT2D eigenvalue weighted by molar-refractivity contribution is -0.385. The van der Waals surface area contributed by atoms with Crippen molar-refractivity contribution in [2.75, 3.05) is 13.7 Å². The van der Waals surface area contributed by atoms with Gasteiger partial charge in [-0.1, -0.05) is 11.6 Å². The van der Waals surface area contributed by atoms with E-state index in [4.69, 9.17) is 21.1 Å². The Labute approximate surface area is 111 Å². The first-order chi connectivity index (χ1) is 8.35. The Morgan fingerprint density at radius 1 is 1.44 bits per heavy atom. The van der Waals surface area contributed by atoms with Crippen LogP contribution in [0.5, 0.6) is 5.75 Å². The van der Waals surface area contributed by atoms with Crippen molar-refractivity contribution in [1.29, 1.82) is 0 Å². The van der Waals surface area contributed by atoms with E-state index in [0.29, 0.717) is 18.1 Å². The van der Waals surface area contributed by atoms with Crippen LogP contribution in [0.25, 0.3) is 0 Å². The van der Waals surface area contributed by atoms with Gasteiger partial charge >= 0.3 is 5.69 Å². The Morgan fingerprint density at radius 3 is 2.67 bits per heavy atom. The standard InChI is InChI=1S/C12H16ClNO4/c1-12(2,17-3)6-7-18-11-8-9(13)4-5-10(11)14(15)16/h4-5,8H,6-7H2,1-3H3. The lowest BCUT2D eigenvalue weighted by Crippen LogP contribution is -2.25. The fraction of sp³-hybridized carbons (Fsp3) is 0.500. The molecule has 1 aromatic carbocycles. The molecule has 0 aliphatic heterocycles. The molecule has 0 amide bonds. The molecule has 0 unspecified atom stereocenters. The molecule has 0 fully saturated rings. The lowest BCUT2D eigenvalue weighted by atomic mass is 10.1. The number of hydrogen-bond donors (Lipinski definition) is 0. The first kappa shape index (κ1) is 14.7. The number of rotatable bonds is 6. The minimum Gasteiger partial charge on any atom is -0.487 e. The summed E-state index contributed by atoms with van der Waals surface area (Å²) in [6.07, 6.45) is 0.618. The highest BCUT2D eigenvalue weighted by atomic mass is 35.5. The average molecular weight is 274 g/mol. The van der Waals surface area contributed by atoms with E-state index < -0.39 is 4.92 Å². The van der Waals surface area contributed by atoms with Gasteiger partial charge in [0, 0.05) is 30.7 Å². The van der Waals surface area contributed by atoms with Crippen molar-refractivity contribution in [2.45, 2.75) is 25.9 Å². The van der Waals surface area contributed by atoms with Gasteiger partial charge in [0.1, 0.15) is 0 Å². The SMILES string of the molecule is COC(C)(C)CCOc1cc(Cl)ccc1[N+](=O)[O-]. The molecule has 1 aromatic rings. The van der Waals surface area contributed by atoms with Crippen LogP contribution in [0.3, 0.4) is 0 Å². The van der Waals surface area contributed by atoms with Gasteiger partial charge in [0.25, 0.3) is 0 Å². The maximum atomic E-state index is 10.8. The molecule has 0 heterocycles. The van der Waals surface area contributed by atoms with E-state index in [2.05, 4.69) is 0 Å². The quantitative estimate of drug-likeness (QED) is 0.588. The van der Waals surface area contributed by atoms with Crippen molar-refractivity contribution in [3.8, 4) is 5.75 Å². The predicted octanol–water partition coefficient (Wildman–Crippen LogP) is 3.44. The number of nitro benzene ring substituents is 1. The van der Waals surface area contributed by atoms with Crippen LogP contribution in [0, 0.1) is 10.1 Å². The van der Waals surface area contributed by atoms with Crippen LogP contribution < -0.4 is 4.74 Å². The highest BCUT2D eigenvalue weighted by Crippen LogP contribution is 2.30. The highest BCUT2D eigenvalue weighted by Gasteiger charge is 2.19. The molecule has 0 bridgehead atoms. The van der Waals surface area contributed by atoms with E-state index in [9.17, 15) is 10.1 Å². The Kier molecular flexibility index (Phi) is 4.93. The Bertz CT molecular complexity index is 434. The number of methoxy groups -OCH3 is 1. The van der Waals surface area contributed by atoms with E-state index in [-0.39, 0.29) is 17.0 Å². The maximum Gasteiger partial charge on any atom is 0.311 e. The van der Waals surface area contributed by atoms with Gasteiger partial charge in [-0.2, -0.15) is 0 Å². The number of ether oxygens (including phenoxy) is 2. The zero-order valence-electron chi connectivity index (χ0n) is 10.6. The van der Waals surface area contributed by atoms with Gasteiger partial charge in [0.05, 0.1) is 17.1 Å². The maximum absolute atomic E-state index is 10.8. The van der Waals surface area contributed by atoms with Crippen molar-refractivity contribution < 1.29 is 14.4 Å². The minimum absolute atomic E-state index is 0.0883. The van der Waals surface area contributed by atoms with Crippen LogP contribution in [-0.2, 0) is 4.74 Å². The lowest BCUT2D eigenvalue weighted by Gasteiger charge is -2.22. The summed E-state index contributed by atoms with van der Waals surface area (Å²) < 4.78 is 10.6. The van der Waals surface area contributed by atoms with Gasteiger partial charge in [-0.25, -0.2) is 0 Å². The van der Waals surface area contributed by atoms with Gasteiger partial charge in [-0.3, -0.25) is 10.1 Å². The van der Waals surface area contributed by atoms with E-state index >= 15 is 0 Å². The molecule has 0 spiro atoms. The normalized spacial score (nSPS) is 11.3. The molecule has 6 heteroatoms. The molecule has 0 aliphatic carbocycles. The van der Waals surface area contributed by atoms with E-state index in [1.165, 1.54) is 18.2 Å². The first-order valence-electron chi connectivity index (χ1n) is 5.47. The van der Waals surface area contributed by atoms with Crippen LogP contribution in [0.1, 0.15) is 20.3 Å². The van der Waals surface area contributed by atoms with Crippen LogP contribution in [0.15, 0.2) is 18.2 Å². The largest absolute Gasteiger partial charge is 0.487 e. The third kappa shape index (κ3) is 4.16. The Hall–Kier alpha value is -1.33. The summed E-state index contributed by atoms with van der Waals surface area (Å²) in [5, 5.41) is 11.2.